The van der Waals surface area contributed by atoms with Gasteiger partial charge < -0.3 is 21.1 Å². The number of aliphatic imine (C=N–C) groups is 1. The van der Waals surface area contributed by atoms with Crippen LogP contribution in [-0.2, 0) is 5.41 Å². The van der Waals surface area contributed by atoms with E-state index in [4.69, 9.17) is 15.5 Å². The molecule has 0 saturated carbocycles. The second kappa shape index (κ2) is 12.8. The number of aromatic nitrogens is 3. The van der Waals surface area contributed by atoms with Crippen LogP contribution in [0.4, 0.5) is 10.5 Å². The molecule has 5 rings (SSSR count). The van der Waals surface area contributed by atoms with Gasteiger partial charge in [-0.25, -0.2) is 4.79 Å². The zero-order valence-corrected chi connectivity index (χ0v) is 27.4. The highest BCUT2D eigenvalue weighted by Gasteiger charge is 2.30. The lowest BCUT2D eigenvalue weighted by Crippen LogP contribution is -2.41. The summed E-state index contributed by atoms with van der Waals surface area (Å²) in [7, 11) is 0. The van der Waals surface area contributed by atoms with Crippen molar-refractivity contribution < 1.29 is 9.53 Å². The molecule has 2 aromatic heterocycles. The summed E-state index contributed by atoms with van der Waals surface area (Å²) in [5.74, 6) is 1.63. The third-order valence-electron chi connectivity index (χ3n) is 7.99. The number of rotatable bonds is 7. The molecule has 4 N–H and O–H groups in total. The van der Waals surface area contributed by atoms with E-state index < -0.39 is 0 Å². The first kappa shape index (κ1) is 31.8. The molecule has 236 valence electrons. The minimum Gasteiger partial charge on any atom is -0.484 e. The number of aryl methyl sites for hydroxylation is 1. The molecule has 1 aliphatic rings. The van der Waals surface area contributed by atoms with E-state index in [0.717, 1.165) is 52.4 Å². The van der Waals surface area contributed by atoms with E-state index in [0.29, 0.717) is 11.4 Å². The number of urea groups is 1. The fraction of sp³-hybridized carbons (Fsp3) is 0.389. The van der Waals surface area contributed by atoms with Crippen molar-refractivity contribution in [1.29, 1.82) is 0 Å². The van der Waals surface area contributed by atoms with Crippen molar-refractivity contribution in [2.24, 2.45) is 16.1 Å². The number of pyridine rings is 1. The number of fused-ring (bicyclic) bond motifs is 2. The van der Waals surface area contributed by atoms with Crippen LogP contribution in [0.2, 0.25) is 0 Å². The summed E-state index contributed by atoms with van der Waals surface area (Å²) in [6, 6.07) is 19.6. The maximum atomic E-state index is 13.2. The van der Waals surface area contributed by atoms with Crippen molar-refractivity contribution in [2.75, 3.05) is 6.54 Å². The van der Waals surface area contributed by atoms with Gasteiger partial charge in [-0.1, -0.05) is 83.5 Å². The number of amides is 2. The molecule has 0 aliphatic heterocycles. The number of allylic oxidation sites excluding steroid dienone is 1. The SMILES string of the molecule is Cc1ccc(N=C(C=C(N)C(C)(C)C)CNC(=O)NC2CCC(Oc3ccc4nnc(C(C)(C)C)n4c3)c3ccccc32)cc1. The van der Waals surface area contributed by atoms with Crippen molar-refractivity contribution in [1.82, 2.24) is 25.2 Å². The fourth-order valence-electron chi connectivity index (χ4n) is 5.32. The molecule has 2 heterocycles. The number of hydrogen-bond donors (Lipinski definition) is 3. The van der Waals surface area contributed by atoms with Crippen LogP contribution in [0.1, 0.15) is 89.0 Å². The molecule has 45 heavy (non-hydrogen) atoms. The largest absolute Gasteiger partial charge is 0.484 e. The molecule has 4 aromatic rings. The average Bonchev–Trinajstić information content (AvgIpc) is 3.42. The van der Waals surface area contributed by atoms with Gasteiger partial charge in [0.2, 0.25) is 0 Å². The molecule has 9 nitrogen and oxygen atoms in total. The van der Waals surface area contributed by atoms with Gasteiger partial charge in [-0.3, -0.25) is 9.39 Å². The Bertz CT molecular complexity index is 1720. The van der Waals surface area contributed by atoms with Crippen LogP contribution in [0.25, 0.3) is 5.65 Å². The van der Waals surface area contributed by atoms with Gasteiger partial charge in [0.1, 0.15) is 17.7 Å². The third-order valence-corrected chi connectivity index (χ3v) is 7.99. The first-order valence-corrected chi connectivity index (χ1v) is 15.5. The number of nitrogens with one attached hydrogen (secondary N) is 2. The van der Waals surface area contributed by atoms with Gasteiger partial charge in [-0.05, 0) is 61.2 Å². The van der Waals surface area contributed by atoms with Crippen LogP contribution in [0.5, 0.6) is 5.75 Å². The van der Waals surface area contributed by atoms with Gasteiger partial charge in [-0.15, -0.1) is 10.2 Å². The van der Waals surface area contributed by atoms with Gasteiger partial charge in [0.05, 0.1) is 30.2 Å². The van der Waals surface area contributed by atoms with Crippen LogP contribution < -0.4 is 21.1 Å². The van der Waals surface area contributed by atoms with E-state index in [9.17, 15) is 4.79 Å². The zero-order chi connectivity index (χ0) is 32.4. The third kappa shape index (κ3) is 7.71. The van der Waals surface area contributed by atoms with Crippen LogP contribution in [0, 0.1) is 12.3 Å². The number of hydrogen-bond acceptors (Lipinski definition) is 6. The lowest BCUT2D eigenvalue weighted by Gasteiger charge is -2.32. The summed E-state index contributed by atoms with van der Waals surface area (Å²) >= 11 is 0. The monoisotopic (exact) mass is 607 g/mol. The summed E-state index contributed by atoms with van der Waals surface area (Å²) in [4.78, 5) is 18.0. The van der Waals surface area contributed by atoms with Crippen molar-refractivity contribution in [3.05, 3.63) is 101 Å². The van der Waals surface area contributed by atoms with Gasteiger partial charge >= 0.3 is 6.03 Å². The fourth-order valence-corrected chi connectivity index (χ4v) is 5.32. The number of ether oxygens (including phenoxy) is 1. The second-order valence-electron chi connectivity index (χ2n) is 13.8. The number of nitrogens with zero attached hydrogens (tertiary/aromatic N) is 4. The predicted molar refractivity (Wildman–Crippen MR) is 180 cm³/mol. The van der Waals surface area contributed by atoms with E-state index in [1.54, 1.807) is 0 Å². The van der Waals surface area contributed by atoms with Crippen LogP contribution >= 0.6 is 0 Å². The first-order chi connectivity index (χ1) is 21.3. The molecule has 2 unspecified atom stereocenters. The Balaban J connectivity index is 1.29. The summed E-state index contributed by atoms with van der Waals surface area (Å²) in [5, 5.41) is 14.9. The van der Waals surface area contributed by atoms with Crippen molar-refractivity contribution in [3.63, 3.8) is 0 Å². The molecule has 2 aromatic carbocycles. The van der Waals surface area contributed by atoms with Gasteiger partial charge in [0.25, 0.3) is 0 Å². The van der Waals surface area contributed by atoms with E-state index in [-0.39, 0.29) is 35.6 Å². The van der Waals surface area contributed by atoms with Gasteiger partial charge in [0.15, 0.2) is 5.65 Å². The Kier molecular flexibility index (Phi) is 9.00. The molecule has 0 radical (unpaired) electrons. The highest BCUT2D eigenvalue weighted by Crippen LogP contribution is 2.39. The standard InChI is InChI=1S/C36H45N7O2/c1-23-12-14-24(15-13-23)39-25(20-31(37)35(2,3)4)21-38-34(44)40-29-17-18-30(28-11-9-8-10-27(28)29)45-26-16-19-32-41-42-33(36(5,6)7)43(32)22-26/h8-16,19-20,22,29-30H,17-18,21,37H2,1-7H3,(H2,38,40,44). The maximum absolute atomic E-state index is 13.2. The molecule has 2 amide bonds. The number of benzene rings is 2. The minimum absolute atomic E-state index is 0.145. The zero-order valence-electron chi connectivity index (χ0n) is 27.4. The molecule has 0 bridgehead atoms. The summed E-state index contributed by atoms with van der Waals surface area (Å²) < 4.78 is 8.55. The van der Waals surface area contributed by atoms with Crippen LogP contribution in [0.3, 0.4) is 0 Å². The summed E-state index contributed by atoms with van der Waals surface area (Å²) in [6.45, 7) is 14.8. The Hall–Kier alpha value is -4.66. The lowest BCUT2D eigenvalue weighted by molar-refractivity contribution is 0.171. The van der Waals surface area contributed by atoms with E-state index >= 15 is 0 Å². The molecular weight excluding hydrogens is 562 g/mol. The molecular formula is C36H45N7O2. The van der Waals surface area contributed by atoms with Crippen molar-refractivity contribution >= 4 is 23.1 Å². The maximum Gasteiger partial charge on any atom is 0.315 e. The summed E-state index contributed by atoms with van der Waals surface area (Å²) in [5.41, 5.74) is 12.2. The lowest BCUT2D eigenvalue weighted by atomic mass is 9.85. The first-order valence-electron chi connectivity index (χ1n) is 15.5. The highest BCUT2D eigenvalue weighted by molar-refractivity contribution is 6.00. The topological polar surface area (TPSA) is 119 Å². The van der Waals surface area contributed by atoms with Crippen LogP contribution in [-0.4, -0.2) is 32.9 Å². The molecule has 1 aliphatic carbocycles. The van der Waals surface area contributed by atoms with E-state index in [1.807, 2.05) is 72.1 Å². The van der Waals surface area contributed by atoms with Crippen molar-refractivity contribution in [2.45, 2.75) is 78.9 Å². The smallest absolute Gasteiger partial charge is 0.315 e. The Morgan fingerprint density at radius 3 is 2.40 bits per heavy atom. The van der Waals surface area contributed by atoms with Crippen molar-refractivity contribution in [3.8, 4) is 5.75 Å². The quantitative estimate of drug-likeness (QED) is 0.191. The average molecular weight is 608 g/mol. The Morgan fingerprint density at radius 2 is 1.71 bits per heavy atom. The minimum atomic E-state index is -0.263. The Morgan fingerprint density at radius 1 is 1.00 bits per heavy atom. The Labute approximate surface area is 266 Å². The second-order valence-corrected chi connectivity index (χ2v) is 13.8. The van der Waals surface area contributed by atoms with Gasteiger partial charge in [-0.2, -0.15) is 0 Å². The number of nitrogens with two attached hydrogens (primary N) is 1. The number of carbonyl (C=O) groups is 1. The predicted octanol–water partition coefficient (Wildman–Crippen LogP) is 7.25. The highest BCUT2D eigenvalue weighted by atomic mass is 16.5. The molecule has 0 spiro atoms. The van der Waals surface area contributed by atoms with Crippen LogP contribution in [0.15, 0.2) is 83.6 Å². The normalized spacial score (nSPS) is 17.6. The molecule has 0 fully saturated rings. The summed E-state index contributed by atoms with van der Waals surface area (Å²) in [6.07, 6.45) is 5.16. The van der Waals surface area contributed by atoms with Gasteiger partial charge in [0, 0.05) is 16.5 Å². The van der Waals surface area contributed by atoms with E-state index in [1.165, 1.54) is 0 Å². The van der Waals surface area contributed by atoms with E-state index in [2.05, 4.69) is 74.5 Å². The molecule has 9 heteroatoms. The molecule has 2 atom stereocenters. The number of carbonyl (C=O) groups excluding carboxylic acids is 1. The molecule has 0 saturated heterocycles.